The van der Waals surface area contributed by atoms with Crippen molar-refractivity contribution in [3.63, 3.8) is 0 Å². The molecule has 1 aliphatic carbocycles. The number of benzene rings is 1. The largest absolute Gasteiger partial charge is 0.364 e. The molecular weight excluding hydrogens is 274 g/mol. The van der Waals surface area contributed by atoms with Gasteiger partial charge in [0.05, 0.1) is 11.0 Å². The van der Waals surface area contributed by atoms with E-state index < -0.39 is 0 Å². The second-order valence-corrected chi connectivity index (χ2v) is 6.49. The van der Waals surface area contributed by atoms with Crippen molar-refractivity contribution in [3.8, 4) is 0 Å². The van der Waals surface area contributed by atoms with Gasteiger partial charge in [0.1, 0.15) is 0 Å². The number of piperidine rings is 1. The first-order chi connectivity index (χ1) is 10.8. The molecule has 3 N–H and O–H groups in total. The number of hydrogen-bond acceptors (Lipinski definition) is 5. The van der Waals surface area contributed by atoms with Gasteiger partial charge in [0.2, 0.25) is 0 Å². The van der Waals surface area contributed by atoms with Gasteiger partial charge in [-0.3, -0.25) is 0 Å². The van der Waals surface area contributed by atoms with Crippen molar-refractivity contribution < 1.29 is 0 Å². The quantitative estimate of drug-likeness (QED) is 0.907. The van der Waals surface area contributed by atoms with Crippen LogP contribution in [0.1, 0.15) is 25.7 Å². The van der Waals surface area contributed by atoms with Crippen molar-refractivity contribution in [2.75, 3.05) is 29.9 Å². The van der Waals surface area contributed by atoms with Crippen LogP contribution in [-0.2, 0) is 0 Å². The molecular formula is C17H23N5. The van der Waals surface area contributed by atoms with Crippen LogP contribution in [0, 0.1) is 5.92 Å². The molecule has 2 aromatic rings. The first-order valence-corrected chi connectivity index (χ1v) is 8.32. The second-order valence-electron chi connectivity index (χ2n) is 6.49. The average Bonchev–Trinajstić information content (AvgIpc) is 3.38. The summed E-state index contributed by atoms with van der Waals surface area (Å²) in [5, 5.41) is 3.56. The summed E-state index contributed by atoms with van der Waals surface area (Å²) in [7, 11) is 0. The normalized spacial score (nSPS) is 22.0. The molecule has 1 aromatic carbocycles. The van der Waals surface area contributed by atoms with Crippen LogP contribution >= 0.6 is 0 Å². The van der Waals surface area contributed by atoms with E-state index in [-0.39, 0.29) is 0 Å². The van der Waals surface area contributed by atoms with Crippen molar-refractivity contribution in [3.05, 3.63) is 24.3 Å². The van der Waals surface area contributed by atoms with Crippen molar-refractivity contribution in [2.24, 2.45) is 11.7 Å². The third-order valence-electron chi connectivity index (χ3n) is 4.62. The minimum absolute atomic E-state index is 0.566. The Labute approximate surface area is 130 Å². The number of fused-ring (bicyclic) bond motifs is 1. The van der Waals surface area contributed by atoms with Gasteiger partial charge in [0.25, 0.3) is 0 Å². The molecule has 4 rings (SSSR count). The fourth-order valence-corrected chi connectivity index (χ4v) is 3.18. The van der Waals surface area contributed by atoms with Gasteiger partial charge in [0, 0.05) is 19.1 Å². The molecule has 2 heterocycles. The number of hydrogen-bond donors (Lipinski definition) is 2. The lowest BCUT2D eigenvalue weighted by Crippen LogP contribution is -2.39. The predicted molar refractivity (Wildman–Crippen MR) is 90.2 cm³/mol. The SMILES string of the molecule is NC[C@H]1CCCN(c2nc3ccccc3nc2NC2CC2)C1. The van der Waals surface area contributed by atoms with Crippen LogP contribution < -0.4 is 16.0 Å². The van der Waals surface area contributed by atoms with Gasteiger partial charge < -0.3 is 16.0 Å². The highest BCUT2D eigenvalue weighted by atomic mass is 15.2. The molecule has 1 atom stereocenters. The zero-order chi connectivity index (χ0) is 14.9. The molecule has 0 amide bonds. The Bertz CT molecular complexity index is 667. The van der Waals surface area contributed by atoms with E-state index in [0.717, 1.165) is 42.3 Å². The van der Waals surface area contributed by atoms with Gasteiger partial charge in [-0.25, -0.2) is 9.97 Å². The molecule has 0 spiro atoms. The number of nitrogens with zero attached hydrogens (tertiary/aromatic N) is 3. The zero-order valence-corrected chi connectivity index (χ0v) is 12.8. The lowest BCUT2D eigenvalue weighted by Gasteiger charge is -2.34. The molecule has 0 bridgehead atoms. The highest BCUT2D eigenvalue weighted by molar-refractivity contribution is 5.80. The van der Waals surface area contributed by atoms with Gasteiger partial charge in [-0.05, 0) is 50.3 Å². The summed E-state index contributed by atoms with van der Waals surface area (Å²) in [4.78, 5) is 12.1. The molecule has 22 heavy (non-hydrogen) atoms. The number of nitrogens with one attached hydrogen (secondary N) is 1. The van der Waals surface area contributed by atoms with E-state index in [1.807, 2.05) is 24.3 Å². The molecule has 5 nitrogen and oxygen atoms in total. The average molecular weight is 297 g/mol. The van der Waals surface area contributed by atoms with Crippen LogP contribution in [0.3, 0.4) is 0 Å². The standard InChI is InChI=1S/C17H23N5/c18-10-12-4-3-9-22(11-12)17-16(19-13-7-8-13)20-14-5-1-2-6-15(14)21-17/h1-2,5-6,12-13H,3-4,7-11,18H2,(H,19,20)/t12-/m1/s1. The van der Waals surface area contributed by atoms with E-state index in [1.165, 1.54) is 25.7 Å². The number of aromatic nitrogens is 2. The lowest BCUT2D eigenvalue weighted by molar-refractivity contribution is 0.422. The summed E-state index contributed by atoms with van der Waals surface area (Å²) in [5.74, 6) is 2.51. The predicted octanol–water partition coefficient (Wildman–Crippen LogP) is 2.38. The van der Waals surface area contributed by atoms with Crippen molar-refractivity contribution >= 4 is 22.7 Å². The number of anilines is 2. The van der Waals surface area contributed by atoms with E-state index in [9.17, 15) is 0 Å². The third-order valence-corrected chi connectivity index (χ3v) is 4.62. The summed E-state index contributed by atoms with van der Waals surface area (Å²) in [5.41, 5.74) is 7.81. The van der Waals surface area contributed by atoms with Gasteiger partial charge >= 0.3 is 0 Å². The molecule has 0 unspecified atom stereocenters. The monoisotopic (exact) mass is 297 g/mol. The topological polar surface area (TPSA) is 67.1 Å². The van der Waals surface area contributed by atoms with Crippen LogP contribution in [0.15, 0.2) is 24.3 Å². The second kappa shape index (κ2) is 5.72. The Morgan fingerprint density at radius 1 is 1.14 bits per heavy atom. The Kier molecular flexibility index (Phi) is 3.58. The fourth-order valence-electron chi connectivity index (χ4n) is 3.18. The summed E-state index contributed by atoms with van der Waals surface area (Å²) in [6.07, 6.45) is 4.87. The number of para-hydroxylation sites is 2. The van der Waals surface area contributed by atoms with E-state index in [1.54, 1.807) is 0 Å². The van der Waals surface area contributed by atoms with E-state index in [2.05, 4.69) is 10.2 Å². The molecule has 1 saturated heterocycles. The van der Waals surface area contributed by atoms with Gasteiger partial charge in [-0.2, -0.15) is 0 Å². The highest BCUT2D eigenvalue weighted by Gasteiger charge is 2.27. The maximum Gasteiger partial charge on any atom is 0.172 e. The summed E-state index contributed by atoms with van der Waals surface area (Å²) < 4.78 is 0. The minimum Gasteiger partial charge on any atom is -0.364 e. The maximum absolute atomic E-state index is 5.88. The molecule has 5 heteroatoms. The van der Waals surface area contributed by atoms with Crippen molar-refractivity contribution in [2.45, 2.75) is 31.7 Å². The molecule has 1 saturated carbocycles. The lowest BCUT2D eigenvalue weighted by atomic mass is 9.98. The van der Waals surface area contributed by atoms with Crippen LogP contribution in [0.25, 0.3) is 11.0 Å². The fraction of sp³-hybridized carbons (Fsp3) is 0.529. The van der Waals surface area contributed by atoms with Crippen LogP contribution in [0.5, 0.6) is 0 Å². The van der Waals surface area contributed by atoms with Crippen molar-refractivity contribution in [1.29, 1.82) is 0 Å². The summed E-state index contributed by atoms with van der Waals surface area (Å²) in [6, 6.07) is 8.68. The van der Waals surface area contributed by atoms with E-state index in [4.69, 9.17) is 15.7 Å². The molecule has 1 aromatic heterocycles. The van der Waals surface area contributed by atoms with Gasteiger partial charge in [-0.15, -0.1) is 0 Å². The third kappa shape index (κ3) is 2.73. The maximum atomic E-state index is 5.88. The Hall–Kier alpha value is -1.88. The summed E-state index contributed by atoms with van der Waals surface area (Å²) in [6.45, 7) is 2.79. The van der Waals surface area contributed by atoms with Crippen LogP contribution in [0.2, 0.25) is 0 Å². The molecule has 2 fully saturated rings. The number of nitrogens with two attached hydrogens (primary N) is 1. The van der Waals surface area contributed by atoms with Crippen LogP contribution in [-0.4, -0.2) is 35.6 Å². The van der Waals surface area contributed by atoms with Gasteiger partial charge in [0.15, 0.2) is 11.6 Å². The zero-order valence-electron chi connectivity index (χ0n) is 12.8. The Balaban J connectivity index is 1.72. The minimum atomic E-state index is 0.566. The highest BCUT2D eigenvalue weighted by Crippen LogP contribution is 2.32. The Morgan fingerprint density at radius 2 is 1.91 bits per heavy atom. The summed E-state index contributed by atoms with van der Waals surface area (Å²) >= 11 is 0. The number of rotatable bonds is 4. The smallest absolute Gasteiger partial charge is 0.172 e. The molecule has 116 valence electrons. The molecule has 0 radical (unpaired) electrons. The molecule has 2 aliphatic rings. The first-order valence-electron chi connectivity index (χ1n) is 8.32. The molecule has 1 aliphatic heterocycles. The first kappa shape index (κ1) is 13.8. The van der Waals surface area contributed by atoms with E-state index >= 15 is 0 Å². The van der Waals surface area contributed by atoms with Crippen LogP contribution in [0.4, 0.5) is 11.6 Å². The van der Waals surface area contributed by atoms with Crippen molar-refractivity contribution in [1.82, 2.24) is 9.97 Å². The van der Waals surface area contributed by atoms with E-state index in [0.29, 0.717) is 12.0 Å². The Morgan fingerprint density at radius 3 is 2.64 bits per heavy atom. The van der Waals surface area contributed by atoms with Gasteiger partial charge in [-0.1, -0.05) is 12.1 Å².